The minimum atomic E-state index is -0.0337. The first kappa shape index (κ1) is 19.7. The van der Waals surface area contributed by atoms with Crippen molar-refractivity contribution in [2.24, 2.45) is 5.92 Å². The predicted octanol–water partition coefficient (Wildman–Crippen LogP) is 4.63. The van der Waals surface area contributed by atoms with Crippen LogP contribution in [0.5, 0.6) is 0 Å². The van der Waals surface area contributed by atoms with Crippen LogP contribution in [0.2, 0.25) is 0 Å². The van der Waals surface area contributed by atoms with E-state index in [4.69, 9.17) is 0 Å². The normalized spacial score (nSPS) is 11.6. The van der Waals surface area contributed by atoms with Crippen LogP contribution in [0.3, 0.4) is 0 Å². The number of thioether (sulfide) groups is 1. The van der Waals surface area contributed by atoms with Gasteiger partial charge in [-0.1, -0.05) is 75.9 Å². The second kappa shape index (κ2) is 8.67. The Balaban J connectivity index is 1.90. The highest BCUT2D eigenvalue weighted by Crippen LogP contribution is 2.30. The molecule has 0 saturated heterocycles. The number of nitrogens with one attached hydrogen (secondary N) is 2. The average Bonchev–Trinajstić information content (AvgIpc) is 2.98. The highest BCUT2D eigenvalue weighted by molar-refractivity contribution is 8.01. The maximum Gasteiger partial charge on any atom is 0.234 e. The Morgan fingerprint density at radius 1 is 1.24 bits per heavy atom. The Bertz CT molecular complexity index is 707. The summed E-state index contributed by atoms with van der Waals surface area (Å²) >= 11 is 2.89. The minimum Gasteiger partial charge on any atom is -0.360 e. The lowest BCUT2D eigenvalue weighted by Crippen LogP contribution is -2.19. The molecule has 0 aliphatic heterocycles. The molecular weight excluding hydrogens is 352 g/mol. The first-order valence-electron chi connectivity index (χ1n) is 8.35. The minimum absolute atomic E-state index is 0.0206. The van der Waals surface area contributed by atoms with Gasteiger partial charge < -0.3 is 10.6 Å². The highest BCUT2D eigenvalue weighted by Gasteiger charge is 2.18. The largest absolute Gasteiger partial charge is 0.360 e. The summed E-state index contributed by atoms with van der Waals surface area (Å²) in [7, 11) is 0. The molecule has 0 aliphatic rings. The lowest BCUT2D eigenvalue weighted by Gasteiger charge is -2.22. The molecule has 0 aliphatic carbocycles. The summed E-state index contributed by atoms with van der Waals surface area (Å²) in [6.07, 6.45) is 0. The molecule has 7 heteroatoms. The summed E-state index contributed by atoms with van der Waals surface area (Å²) < 4.78 is 0.797. The lowest BCUT2D eigenvalue weighted by molar-refractivity contribution is -0.113. The fourth-order valence-electron chi connectivity index (χ4n) is 2.19. The zero-order valence-electron chi connectivity index (χ0n) is 15.4. The van der Waals surface area contributed by atoms with Crippen LogP contribution in [0.15, 0.2) is 28.6 Å². The SMILES string of the molecule is CC(C)CNc1nnc(SCC(=O)Nc2ccccc2C(C)(C)C)s1. The number of carbonyl (C=O) groups is 1. The molecule has 1 heterocycles. The van der Waals surface area contributed by atoms with Gasteiger partial charge >= 0.3 is 0 Å². The summed E-state index contributed by atoms with van der Waals surface area (Å²) in [5.41, 5.74) is 1.98. The Kier molecular flexibility index (Phi) is 6.84. The number of carbonyl (C=O) groups excluding carboxylic acids is 1. The third-order valence-electron chi connectivity index (χ3n) is 3.40. The molecule has 25 heavy (non-hydrogen) atoms. The maximum atomic E-state index is 12.3. The molecule has 0 atom stereocenters. The Hall–Kier alpha value is -1.60. The Morgan fingerprint density at radius 3 is 2.64 bits per heavy atom. The summed E-state index contributed by atoms with van der Waals surface area (Å²) in [6, 6.07) is 7.94. The van der Waals surface area contributed by atoms with Crippen LogP contribution in [0, 0.1) is 5.92 Å². The first-order valence-corrected chi connectivity index (χ1v) is 10.2. The van der Waals surface area contributed by atoms with E-state index in [-0.39, 0.29) is 11.3 Å². The van der Waals surface area contributed by atoms with Crippen molar-refractivity contribution in [2.45, 2.75) is 44.4 Å². The van der Waals surface area contributed by atoms with Crippen LogP contribution in [0.4, 0.5) is 10.8 Å². The topological polar surface area (TPSA) is 66.9 Å². The third-order valence-corrected chi connectivity index (χ3v) is 5.42. The summed E-state index contributed by atoms with van der Waals surface area (Å²) in [5.74, 6) is 0.833. The Morgan fingerprint density at radius 2 is 1.96 bits per heavy atom. The number of anilines is 2. The van der Waals surface area contributed by atoms with Gasteiger partial charge in [0.2, 0.25) is 11.0 Å². The van der Waals surface area contributed by atoms with Crippen molar-refractivity contribution in [3.8, 4) is 0 Å². The summed E-state index contributed by atoms with van der Waals surface area (Å²) in [6.45, 7) is 11.6. The molecule has 0 spiro atoms. The second-order valence-corrected chi connectivity index (χ2v) is 9.48. The van der Waals surface area contributed by atoms with Crippen LogP contribution in [0.25, 0.3) is 0 Å². The average molecular weight is 379 g/mol. The quantitative estimate of drug-likeness (QED) is 0.687. The molecule has 0 unspecified atom stereocenters. The molecule has 0 saturated carbocycles. The molecule has 5 nitrogen and oxygen atoms in total. The van der Waals surface area contributed by atoms with Gasteiger partial charge in [-0.2, -0.15) is 0 Å². The molecule has 0 radical (unpaired) electrons. The zero-order valence-corrected chi connectivity index (χ0v) is 17.1. The number of benzene rings is 1. The van der Waals surface area contributed by atoms with E-state index >= 15 is 0 Å². The molecule has 2 N–H and O–H groups in total. The van der Waals surface area contributed by atoms with E-state index < -0.39 is 0 Å². The van der Waals surface area contributed by atoms with Gasteiger partial charge in [-0.05, 0) is 23.0 Å². The molecule has 1 amide bonds. The van der Waals surface area contributed by atoms with Gasteiger partial charge in [-0.15, -0.1) is 10.2 Å². The van der Waals surface area contributed by atoms with Crippen molar-refractivity contribution in [1.29, 1.82) is 0 Å². The molecule has 2 aromatic rings. The number of hydrogen-bond donors (Lipinski definition) is 2. The van der Waals surface area contributed by atoms with E-state index in [1.165, 1.54) is 23.1 Å². The fourth-order valence-corrected chi connectivity index (χ4v) is 3.75. The number of rotatable bonds is 7. The van der Waals surface area contributed by atoms with E-state index in [9.17, 15) is 4.79 Å². The van der Waals surface area contributed by atoms with E-state index in [2.05, 4.69) is 61.5 Å². The van der Waals surface area contributed by atoms with Crippen molar-refractivity contribution in [2.75, 3.05) is 22.9 Å². The summed E-state index contributed by atoms with van der Waals surface area (Å²) in [5, 5.41) is 15.3. The Labute approximate surface area is 158 Å². The standard InChI is InChI=1S/C18H26N4OS2/c1-12(2)10-19-16-21-22-17(25-16)24-11-15(23)20-14-9-7-6-8-13(14)18(3,4)5/h6-9,12H,10-11H2,1-5H3,(H,19,21)(H,20,23). The van der Waals surface area contributed by atoms with Gasteiger partial charge in [-0.3, -0.25) is 4.79 Å². The molecule has 0 fully saturated rings. The van der Waals surface area contributed by atoms with E-state index in [1.807, 2.05) is 18.2 Å². The van der Waals surface area contributed by atoms with Crippen molar-refractivity contribution in [3.05, 3.63) is 29.8 Å². The molecular formula is C18H26N4OS2. The second-order valence-electron chi connectivity index (χ2n) is 7.28. The number of aromatic nitrogens is 2. The third kappa shape index (κ3) is 6.32. The lowest BCUT2D eigenvalue weighted by atomic mass is 9.86. The van der Waals surface area contributed by atoms with Gasteiger partial charge in [0.25, 0.3) is 0 Å². The van der Waals surface area contributed by atoms with E-state index in [0.29, 0.717) is 11.7 Å². The molecule has 136 valence electrons. The van der Waals surface area contributed by atoms with Gasteiger partial charge in [0.05, 0.1) is 5.75 Å². The number of amides is 1. The monoisotopic (exact) mass is 378 g/mol. The molecule has 2 rings (SSSR count). The van der Waals surface area contributed by atoms with Crippen LogP contribution in [-0.2, 0) is 10.2 Å². The van der Waals surface area contributed by atoms with Crippen LogP contribution in [0.1, 0.15) is 40.2 Å². The van der Waals surface area contributed by atoms with E-state index in [0.717, 1.165) is 27.3 Å². The van der Waals surface area contributed by atoms with Crippen molar-refractivity contribution in [1.82, 2.24) is 10.2 Å². The zero-order chi connectivity index (χ0) is 18.4. The predicted molar refractivity (Wildman–Crippen MR) is 108 cm³/mol. The van der Waals surface area contributed by atoms with Crippen LogP contribution in [-0.4, -0.2) is 28.4 Å². The number of hydrogen-bond acceptors (Lipinski definition) is 6. The van der Waals surface area contributed by atoms with Crippen LogP contribution >= 0.6 is 23.1 Å². The molecule has 0 bridgehead atoms. The van der Waals surface area contributed by atoms with Gasteiger partial charge in [-0.25, -0.2) is 0 Å². The summed E-state index contributed by atoms with van der Waals surface area (Å²) in [4.78, 5) is 12.3. The van der Waals surface area contributed by atoms with Gasteiger partial charge in [0.15, 0.2) is 4.34 Å². The maximum absolute atomic E-state index is 12.3. The highest BCUT2D eigenvalue weighted by atomic mass is 32.2. The van der Waals surface area contributed by atoms with Crippen LogP contribution < -0.4 is 10.6 Å². The molecule has 1 aromatic heterocycles. The number of nitrogens with zero attached hydrogens (tertiary/aromatic N) is 2. The first-order chi connectivity index (χ1) is 11.8. The fraction of sp³-hybridized carbons (Fsp3) is 0.500. The van der Waals surface area contributed by atoms with Gasteiger partial charge in [0.1, 0.15) is 0 Å². The van der Waals surface area contributed by atoms with Crippen molar-refractivity contribution >= 4 is 39.8 Å². The number of para-hydroxylation sites is 1. The van der Waals surface area contributed by atoms with Crippen molar-refractivity contribution < 1.29 is 4.79 Å². The van der Waals surface area contributed by atoms with E-state index in [1.54, 1.807) is 0 Å². The van der Waals surface area contributed by atoms with Gasteiger partial charge in [0, 0.05) is 12.2 Å². The smallest absolute Gasteiger partial charge is 0.234 e. The molecule has 1 aromatic carbocycles. The van der Waals surface area contributed by atoms with Crippen molar-refractivity contribution in [3.63, 3.8) is 0 Å².